The predicted octanol–water partition coefficient (Wildman–Crippen LogP) is 4.12. The van der Waals surface area contributed by atoms with Gasteiger partial charge in [-0.25, -0.2) is 0 Å². The van der Waals surface area contributed by atoms with Gasteiger partial charge in [0, 0.05) is 12.6 Å². The summed E-state index contributed by atoms with van der Waals surface area (Å²) in [6.07, 6.45) is 1.67. The second-order valence-corrected chi connectivity index (χ2v) is 9.18. The van der Waals surface area contributed by atoms with E-state index in [0.717, 1.165) is 17.3 Å². The highest BCUT2D eigenvalue weighted by atomic mass is 127. The van der Waals surface area contributed by atoms with Crippen LogP contribution in [0, 0.1) is 10.5 Å². The van der Waals surface area contributed by atoms with Gasteiger partial charge in [0.1, 0.15) is 0 Å². The van der Waals surface area contributed by atoms with Gasteiger partial charge in [-0.2, -0.15) is 4.99 Å². The van der Waals surface area contributed by atoms with Crippen LogP contribution in [0.3, 0.4) is 0 Å². The van der Waals surface area contributed by atoms with Crippen LogP contribution in [0.15, 0.2) is 46.3 Å². The molecule has 172 valence electrons. The second-order valence-electron chi connectivity index (χ2n) is 6.98. The van der Waals surface area contributed by atoms with Crippen molar-refractivity contribution in [3.63, 3.8) is 0 Å². The second kappa shape index (κ2) is 11.3. The number of carbonyl (C=O) groups excluding carboxylic acids is 3. The van der Waals surface area contributed by atoms with E-state index in [2.05, 4.69) is 38.2 Å². The zero-order valence-electron chi connectivity index (χ0n) is 18.2. The van der Waals surface area contributed by atoms with E-state index in [0.29, 0.717) is 37.8 Å². The smallest absolute Gasteiger partial charge is 0.286 e. The third-order valence-corrected chi connectivity index (χ3v) is 5.88. The van der Waals surface area contributed by atoms with Crippen LogP contribution in [0.5, 0.6) is 11.5 Å². The van der Waals surface area contributed by atoms with Gasteiger partial charge in [-0.3, -0.25) is 14.4 Å². The van der Waals surface area contributed by atoms with Gasteiger partial charge in [0.25, 0.3) is 11.8 Å². The molecular formula is C23H22IN3O5S. The largest absolute Gasteiger partial charge is 0.490 e. The summed E-state index contributed by atoms with van der Waals surface area (Å²) in [5, 5.41) is 5.57. The van der Waals surface area contributed by atoms with E-state index in [1.165, 1.54) is 6.92 Å². The number of ether oxygens (including phenoxy) is 2. The molecule has 0 aromatic heterocycles. The number of benzene rings is 2. The lowest BCUT2D eigenvalue weighted by Gasteiger charge is -2.15. The van der Waals surface area contributed by atoms with E-state index >= 15 is 0 Å². The molecular weight excluding hydrogens is 557 g/mol. The fourth-order valence-corrected chi connectivity index (χ4v) is 4.54. The first-order chi connectivity index (χ1) is 15.7. The SMILES string of the molecule is CCOc1cc(/C=C2\SC(NC(C)=O)=NC2=O)cc(I)c1OCC(=O)Nc1cccc(C)c1. The van der Waals surface area contributed by atoms with Crippen molar-refractivity contribution in [1.82, 2.24) is 5.32 Å². The monoisotopic (exact) mass is 579 g/mol. The summed E-state index contributed by atoms with van der Waals surface area (Å²) in [6.45, 7) is 5.35. The minimum Gasteiger partial charge on any atom is -0.490 e. The predicted molar refractivity (Wildman–Crippen MR) is 137 cm³/mol. The standard InChI is InChI=1S/C23H22IN3O5S/c1-4-31-18-10-15(11-19-22(30)27-23(33-19)25-14(3)28)9-17(24)21(18)32-12-20(29)26-16-7-5-6-13(2)8-16/h5-11H,4,12H2,1-3H3,(H,26,29)(H,25,27,28,30)/b19-11-. The zero-order chi connectivity index (χ0) is 24.0. The Bertz CT molecular complexity index is 1160. The Balaban J connectivity index is 1.74. The first kappa shape index (κ1) is 24.8. The average molecular weight is 579 g/mol. The van der Waals surface area contributed by atoms with Crippen molar-refractivity contribution < 1.29 is 23.9 Å². The van der Waals surface area contributed by atoms with E-state index in [1.54, 1.807) is 12.1 Å². The quantitative estimate of drug-likeness (QED) is 0.378. The van der Waals surface area contributed by atoms with Gasteiger partial charge in [-0.05, 0) is 89.7 Å². The molecule has 0 bridgehead atoms. The Labute approximate surface area is 209 Å². The van der Waals surface area contributed by atoms with Crippen LogP contribution < -0.4 is 20.1 Å². The minimum absolute atomic E-state index is 0.188. The molecule has 2 N–H and O–H groups in total. The van der Waals surface area contributed by atoms with Gasteiger partial charge in [0.2, 0.25) is 5.91 Å². The minimum atomic E-state index is -0.426. The molecule has 3 amide bonds. The van der Waals surface area contributed by atoms with Crippen molar-refractivity contribution in [3.8, 4) is 11.5 Å². The molecule has 0 fully saturated rings. The normalized spacial score (nSPS) is 14.1. The molecule has 0 saturated heterocycles. The van der Waals surface area contributed by atoms with Crippen LogP contribution in [0.1, 0.15) is 25.0 Å². The number of rotatable bonds is 7. The molecule has 33 heavy (non-hydrogen) atoms. The molecule has 1 aliphatic rings. The molecule has 0 radical (unpaired) electrons. The fraction of sp³-hybridized carbons (Fsp3) is 0.217. The average Bonchev–Trinajstić information content (AvgIpc) is 3.05. The Morgan fingerprint density at radius 1 is 1.18 bits per heavy atom. The van der Waals surface area contributed by atoms with Crippen LogP contribution in [0.4, 0.5) is 5.69 Å². The zero-order valence-corrected chi connectivity index (χ0v) is 21.2. The molecule has 1 heterocycles. The van der Waals surface area contributed by atoms with E-state index < -0.39 is 5.91 Å². The molecule has 0 saturated carbocycles. The molecule has 0 atom stereocenters. The molecule has 8 nitrogen and oxygen atoms in total. The molecule has 10 heteroatoms. The van der Waals surface area contributed by atoms with Crippen LogP contribution in [0.2, 0.25) is 0 Å². The Morgan fingerprint density at radius 2 is 1.97 bits per heavy atom. The summed E-state index contributed by atoms with van der Waals surface area (Å²) in [5.41, 5.74) is 2.44. The fourth-order valence-electron chi connectivity index (χ4n) is 2.90. The number of amidine groups is 1. The number of nitrogens with zero attached hydrogens (tertiary/aromatic N) is 1. The van der Waals surface area contributed by atoms with Gasteiger partial charge in [0.05, 0.1) is 15.1 Å². The van der Waals surface area contributed by atoms with Crippen molar-refractivity contribution in [2.45, 2.75) is 20.8 Å². The number of thioether (sulfide) groups is 1. The lowest BCUT2D eigenvalue weighted by atomic mass is 10.2. The summed E-state index contributed by atoms with van der Waals surface area (Å²) in [5.74, 6) is -0.112. The summed E-state index contributed by atoms with van der Waals surface area (Å²) in [4.78, 5) is 39.9. The van der Waals surface area contributed by atoms with Crippen molar-refractivity contribution in [3.05, 3.63) is 56.0 Å². The number of hydrogen-bond acceptors (Lipinski definition) is 6. The van der Waals surface area contributed by atoms with Crippen LogP contribution in [-0.2, 0) is 14.4 Å². The van der Waals surface area contributed by atoms with Crippen molar-refractivity contribution in [2.24, 2.45) is 4.99 Å². The summed E-state index contributed by atoms with van der Waals surface area (Å²) in [7, 11) is 0. The first-order valence-corrected chi connectivity index (χ1v) is 11.9. The van der Waals surface area contributed by atoms with Gasteiger partial charge in [-0.15, -0.1) is 0 Å². The summed E-state index contributed by atoms with van der Waals surface area (Å²) >= 11 is 3.18. The van der Waals surface area contributed by atoms with E-state index in [-0.39, 0.29) is 23.6 Å². The lowest BCUT2D eigenvalue weighted by molar-refractivity contribution is -0.118. The number of aryl methyl sites for hydroxylation is 1. The van der Waals surface area contributed by atoms with Crippen molar-refractivity contribution >= 4 is 69.0 Å². The highest BCUT2D eigenvalue weighted by Crippen LogP contribution is 2.36. The Morgan fingerprint density at radius 3 is 2.67 bits per heavy atom. The molecule has 0 aliphatic carbocycles. The summed E-state index contributed by atoms with van der Waals surface area (Å²) < 4.78 is 12.2. The first-order valence-electron chi connectivity index (χ1n) is 10.0. The van der Waals surface area contributed by atoms with Gasteiger partial charge in [-0.1, -0.05) is 12.1 Å². The number of carbonyl (C=O) groups is 3. The summed E-state index contributed by atoms with van der Waals surface area (Å²) in [6, 6.07) is 11.0. The van der Waals surface area contributed by atoms with Crippen molar-refractivity contribution in [2.75, 3.05) is 18.5 Å². The molecule has 2 aromatic rings. The van der Waals surface area contributed by atoms with Gasteiger partial charge < -0.3 is 20.1 Å². The Kier molecular flexibility index (Phi) is 8.50. The molecule has 3 rings (SSSR count). The van der Waals surface area contributed by atoms with Crippen LogP contribution in [0.25, 0.3) is 6.08 Å². The van der Waals surface area contributed by atoms with E-state index in [1.807, 2.05) is 44.2 Å². The number of aliphatic imine (C=N–C) groups is 1. The van der Waals surface area contributed by atoms with Crippen molar-refractivity contribution in [1.29, 1.82) is 0 Å². The maximum absolute atomic E-state index is 12.3. The van der Waals surface area contributed by atoms with E-state index in [9.17, 15) is 14.4 Å². The Hall–Kier alpha value is -2.86. The highest BCUT2D eigenvalue weighted by molar-refractivity contribution is 14.1. The number of halogens is 1. The highest BCUT2D eigenvalue weighted by Gasteiger charge is 2.23. The number of anilines is 1. The molecule has 1 aliphatic heterocycles. The maximum atomic E-state index is 12.3. The number of nitrogens with one attached hydrogen (secondary N) is 2. The molecule has 2 aromatic carbocycles. The lowest BCUT2D eigenvalue weighted by Crippen LogP contribution is -2.23. The van der Waals surface area contributed by atoms with E-state index in [4.69, 9.17) is 9.47 Å². The number of amides is 3. The maximum Gasteiger partial charge on any atom is 0.286 e. The van der Waals surface area contributed by atoms with Gasteiger partial charge >= 0.3 is 0 Å². The van der Waals surface area contributed by atoms with Crippen LogP contribution in [-0.4, -0.2) is 36.1 Å². The topological polar surface area (TPSA) is 106 Å². The number of hydrogen-bond donors (Lipinski definition) is 2. The third kappa shape index (κ3) is 7.06. The molecule has 0 unspecified atom stereocenters. The van der Waals surface area contributed by atoms with Gasteiger partial charge in [0.15, 0.2) is 23.3 Å². The third-order valence-electron chi connectivity index (χ3n) is 4.18. The molecule has 0 spiro atoms. The van der Waals surface area contributed by atoms with Crippen LogP contribution >= 0.6 is 34.4 Å².